The number of sulfone groups is 1. The zero-order valence-corrected chi connectivity index (χ0v) is 10.8. The van der Waals surface area contributed by atoms with Crippen LogP contribution in [0.2, 0.25) is 5.02 Å². The SMILES string of the molecule is CC[C@@H]([C@H](O)c1cccc(Cl)c1)S(C)(=O)=O. The number of hydrogen-bond acceptors (Lipinski definition) is 3. The molecule has 0 saturated heterocycles. The van der Waals surface area contributed by atoms with Crippen LogP contribution in [-0.2, 0) is 9.84 Å². The standard InChI is InChI=1S/C11H15ClO3S/c1-3-10(16(2,14)15)11(13)8-5-4-6-9(12)7-8/h4-7,10-11,13H,3H2,1-2H3/t10-,11+/m0/s1. The Bertz CT molecular complexity index is 456. The summed E-state index contributed by atoms with van der Waals surface area (Å²) in [7, 11) is -3.27. The number of aliphatic hydroxyl groups is 1. The maximum atomic E-state index is 11.5. The minimum absolute atomic E-state index is 0.368. The van der Waals surface area contributed by atoms with E-state index in [1.54, 1.807) is 31.2 Å². The van der Waals surface area contributed by atoms with E-state index in [0.29, 0.717) is 17.0 Å². The monoisotopic (exact) mass is 262 g/mol. The zero-order chi connectivity index (χ0) is 12.3. The van der Waals surface area contributed by atoms with Gasteiger partial charge in [-0.05, 0) is 24.1 Å². The molecule has 0 saturated carbocycles. The van der Waals surface area contributed by atoms with E-state index in [1.807, 2.05) is 0 Å². The van der Waals surface area contributed by atoms with Crippen LogP contribution in [0.5, 0.6) is 0 Å². The molecule has 0 radical (unpaired) electrons. The summed E-state index contributed by atoms with van der Waals surface area (Å²) in [6.45, 7) is 1.74. The number of hydrogen-bond donors (Lipinski definition) is 1. The van der Waals surface area contributed by atoms with Crippen molar-refractivity contribution >= 4 is 21.4 Å². The van der Waals surface area contributed by atoms with Crippen LogP contribution < -0.4 is 0 Å². The zero-order valence-electron chi connectivity index (χ0n) is 9.22. The fourth-order valence-electron chi connectivity index (χ4n) is 1.67. The Morgan fingerprint density at radius 2 is 2.06 bits per heavy atom. The van der Waals surface area contributed by atoms with Gasteiger partial charge in [0.15, 0.2) is 9.84 Å². The van der Waals surface area contributed by atoms with E-state index in [2.05, 4.69) is 0 Å². The molecule has 0 aliphatic heterocycles. The Labute approximate surface area is 101 Å². The van der Waals surface area contributed by atoms with Crippen molar-refractivity contribution in [3.8, 4) is 0 Å². The van der Waals surface area contributed by atoms with E-state index < -0.39 is 21.2 Å². The molecule has 0 bridgehead atoms. The van der Waals surface area contributed by atoms with Crippen molar-refractivity contribution in [3.05, 3.63) is 34.9 Å². The molecule has 0 unspecified atom stereocenters. The second-order valence-electron chi connectivity index (χ2n) is 3.78. The minimum atomic E-state index is -3.27. The molecule has 0 aromatic heterocycles. The van der Waals surface area contributed by atoms with Crippen molar-refractivity contribution in [1.82, 2.24) is 0 Å². The van der Waals surface area contributed by atoms with Gasteiger partial charge in [0.25, 0.3) is 0 Å². The van der Waals surface area contributed by atoms with E-state index in [0.717, 1.165) is 6.26 Å². The van der Waals surface area contributed by atoms with Crippen LogP contribution in [-0.4, -0.2) is 25.0 Å². The van der Waals surface area contributed by atoms with Crippen LogP contribution in [0.1, 0.15) is 25.0 Å². The largest absolute Gasteiger partial charge is 0.387 e. The molecule has 0 fully saturated rings. The average molecular weight is 263 g/mol. The molecule has 1 aromatic carbocycles. The van der Waals surface area contributed by atoms with Gasteiger partial charge >= 0.3 is 0 Å². The van der Waals surface area contributed by atoms with Gasteiger partial charge in [-0.25, -0.2) is 8.42 Å². The number of aliphatic hydroxyl groups excluding tert-OH is 1. The van der Waals surface area contributed by atoms with Gasteiger partial charge in [0, 0.05) is 11.3 Å². The molecular formula is C11H15ClO3S. The Morgan fingerprint density at radius 3 is 2.50 bits per heavy atom. The molecular weight excluding hydrogens is 248 g/mol. The minimum Gasteiger partial charge on any atom is -0.387 e. The third-order valence-corrected chi connectivity index (χ3v) is 4.42. The Balaban J connectivity index is 3.05. The van der Waals surface area contributed by atoms with Gasteiger partial charge < -0.3 is 5.11 Å². The van der Waals surface area contributed by atoms with Crippen molar-refractivity contribution in [2.45, 2.75) is 24.7 Å². The second kappa shape index (κ2) is 5.17. The van der Waals surface area contributed by atoms with Gasteiger partial charge in [-0.1, -0.05) is 30.7 Å². The van der Waals surface area contributed by atoms with Crippen molar-refractivity contribution in [3.63, 3.8) is 0 Å². The first-order chi connectivity index (χ1) is 7.36. The molecule has 0 heterocycles. The molecule has 0 amide bonds. The van der Waals surface area contributed by atoms with Gasteiger partial charge in [-0.3, -0.25) is 0 Å². The number of halogens is 1. The smallest absolute Gasteiger partial charge is 0.153 e. The lowest BCUT2D eigenvalue weighted by Gasteiger charge is -2.20. The lowest BCUT2D eigenvalue weighted by molar-refractivity contribution is 0.169. The lowest BCUT2D eigenvalue weighted by atomic mass is 10.1. The van der Waals surface area contributed by atoms with Gasteiger partial charge in [0.05, 0.1) is 11.4 Å². The van der Waals surface area contributed by atoms with Crippen molar-refractivity contribution in [1.29, 1.82) is 0 Å². The van der Waals surface area contributed by atoms with E-state index in [1.165, 1.54) is 0 Å². The molecule has 16 heavy (non-hydrogen) atoms. The fraction of sp³-hybridized carbons (Fsp3) is 0.455. The second-order valence-corrected chi connectivity index (χ2v) is 6.48. The first-order valence-electron chi connectivity index (χ1n) is 4.98. The molecule has 2 atom stereocenters. The average Bonchev–Trinajstić information content (AvgIpc) is 2.16. The van der Waals surface area contributed by atoms with Crippen LogP contribution in [0.4, 0.5) is 0 Å². The molecule has 90 valence electrons. The third-order valence-electron chi connectivity index (χ3n) is 2.49. The molecule has 1 aromatic rings. The molecule has 0 spiro atoms. The van der Waals surface area contributed by atoms with Gasteiger partial charge in [0.2, 0.25) is 0 Å². The van der Waals surface area contributed by atoms with Crippen molar-refractivity contribution in [2.75, 3.05) is 6.26 Å². The predicted molar refractivity (Wildman–Crippen MR) is 65.3 cm³/mol. The molecule has 1 rings (SSSR count). The van der Waals surface area contributed by atoms with E-state index in [4.69, 9.17) is 11.6 Å². The summed E-state index contributed by atoms with van der Waals surface area (Å²) in [5.74, 6) is 0. The summed E-state index contributed by atoms with van der Waals surface area (Å²) in [5, 5.41) is 9.70. The van der Waals surface area contributed by atoms with Crippen molar-refractivity contribution in [2.24, 2.45) is 0 Å². The summed E-state index contributed by atoms with van der Waals surface area (Å²) in [6, 6.07) is 6.62. The Morgan fingerprint density at radius 1 is 1.44 bits per heavy atom. The molecule has 0 aliphatic rings. The summed E-state index contributed by atoms with van der Waals surface area (Å²) in [4.78, 5) is 0. The Hall–Kier alpha value is -0.580. The lowest BCUT2D eigenvalue weighted by Crippen LogP contribution is -2.26. The normalized spacial score (nSPS) is 15.8. The highest BCUT2D eigenvalue weighted by Gasteiger charge is 2.28. The highest BCUT2D eigenvalue weighted by molar-refractivity contribution is 7.91. The summed E-state index contributed by atoms with van der Waals surface area (Å²) >= 11 is 5.79. The fourth-order valence-corrected chi connectivity index (χ4v) is 3.10. The van der Waals surface area contributed by atoms with E-state index in [-0.39, 0.29) is 0 Å². The van der Waals surface area contributed by atoms with Crippen LogP contribution in [0.15, 0.2) is 24.3 Å². The summed E-state index contributed by atoms with van der Waals surface area (Å²) in [5.41, 5.74) is 0.532. The van der Waals surface area contributed by atoms with Gasteiger partial charge in [-0.15, -0.1) is 0 Å². The third kappa shape index (κ3) is 3.20. The molecule has 0 aliphatic carbocycles. The highest BCUT2D eigenvalue weighted by Crippen LogP contribution is 2.25. The molecule has 1 N–H and O–H groups in total. The van der Waals surface area contributed by atoms with Crippen LogP contribution in [0.25, 0.3) is 0 Å². The maximum Gasteiger partial charge on any atom is 0.153 e. The van der Waals surface area contributed by atoms with Crippen LogP contribution >= 0.6 is 11.6 Å². The molecule has 5 heteroatoms. The quantitative estimate of drug-likeness (QED) is 0.905. The molecule has 3 nitrogen and oxygen atoms in total. The van der Waals surface area contributed by atoms with E-state index >= 15 is 0 Å². The van der Waals surface area contributed by atoms with Gasteiger partial charge in [-0.2, -0.15) is 0 Å². The first kappa shape index (κ1) is 13.5. The van der Waals surface area contributed by atoms with E-state index in [9.17, 15) is 13.5 Å². The summed E-state index contributed by atoms with van der Waals surface area (Å²) in [6.07, 6.45) is 0.472. The van der Waals surface area contributed by atoms with Crippen molar-refractivity contribution < 1.29 is 13.5 Å². The Kier molecular flexibility index (Phi) is 4.35. The van der Waals surface area contributed by atoms with Gasteiger partial charge in [0.1, 0.15) is 0 Å². The topological polar surface area (TPSA) is 54.4 Å². The number of benzene rings is 1. The predicted octanol–water partition coefficient (Wildman–Crippen LogP) is 2.20. The van der Waals surface area contributed by atoms with Crippen LogP contribution in [0, 0.1) is 0 Å². The first-order valence-corrected chi connectivity index (χ1v) is 7.32. The van der Waals surface area contributed by atoms with Crippen LogP contribution in [0.3, 0.4) is 0 Å². The highest BCUT2D eigenvalue weighted by atomic mass is 35.5. The summed E-state index contributed by atoms with van der Waals surface area (Å²) < 4.78 is 22.9. The number of rotatable bonds is 4. The maximum absolute atomic E-state index is 11.5.